The fourth-order valence-corrected chi connectivity index (χ4v) is 2.79. The lowest BCUT2D eigenvalue weighted by molar-refractivity contribution is 0.0615. The van der Waals surface area contributed by atoms with Crippen LogP contribution in [0.1, 0.15) is 10.4 Å². The molecule has 0 bridgehead atoms. The van der Waals surface area contributed by atoms with Crippen molar-refractivity contribution in [1.29, 1.82) is 0 Å². The number of aliphatic hydroxyl groups excluding tert-OH is 1. The average molecular weight is 326 g/mol. The molecule has 24 heavy (non-hydrogen) atoms. The van der Waals surface area contributed by atoms with Gasteiger partial charge in [0, 0.05) is 38.3 Å². The smallest absolute Gasteiger partial charge is 0.253 e. The number of carbonyl (C=O) groups is 1. The first-order valence-corrected chi connectivity index (χ1v) is 8.22. The molecule has 1 heterocycles. The highest BCUT2D eigenvalue weighted by atomic mass is 16.5. The van der Waals surface area contributed by atoms with Gasteiger partial charge in [-0.1, -0.05) is 18.2 Å². The van der Waals surface area contributed by atoms with Crippen LogP contribution in [0.5, 0.6) is 11.5 Å². The third-order valence-corrected chi connectivity index (χ3v) is 4.16. The monoisotopic (exact) mass is 326 g/mol. The summed E-state index contributed by atoms with van der Waals surface area (Å²) in [6.45, 7) is 3.84. The number of para-hydroxylation sites is 1. The Hall–Kier alpha value is -2.37. The molecule has 5 nitrogen and oxygen atoms in total. The molecule has 0 atom stereocenters. The van der Waals surface area contributed by atoms with Crippen LogP contribution in [-0.4, -0.2) is 60.1 Å². The summed E-state index contributed by atoms with van der Waals surface area (Å²) in [7, 11) is 0. The molecular formula is C19H22N2O3. The summed E-state index contributed by atoms with van der Waals surface area (Å²) < 4.78 is 5.74. The van der Waals surface area contributed by atoms with E-state index in [1.165, 1.54) is 0 Å². The van der Waals surface area contributed by atoms with Gasteiger partial charge < -0.3 is 14.7 Å². The first-order chi connectivity index (χ1) is 11.8. The first kappa shape index (κ1) is 16.5. The van der Waals surface area contributed by atoms with Gasteiger partial charge in [0.15, 0.2) is 0 Å². The van der Waals surface area contributed by atoms with E-state index >= 15 is 0 Å². The number of ether oxygens (including phenoxy) is 1. The molecule has 1 amide bonds. The van der Waals surface area contributed by atoms with E-state index in [0.29, 0.717) is 30.9 Å². The number of rotatable bonds is 5. The molecule has 0 saturated carbocycles. The van der Waals surface area contributed by atoms with Gasteiger partial charge in [-0.2, -0.15) is 0 Å². The van der Waals surface area contributed by atoms with Crippen LogP contribution in [-0.2, 0) is 0 Å². The quantitative estimate of drug-likeness (QED) is 0.915. The molecule has 1 saturated heterocycles. The van der Waals surface area contributed by atoms with Gasteiger partial charge in [0.05, 0.1) is 6.61 Å². The Morgan fingerprint density at radius 1 is 0.917 bits per heavy atom. The normalized spacial score (nSPS) is 15.3. The molecular weight excluding hydrogens is 304 g/mol. The van der Waals surface area contributed by atoms with Gasteiger partial charge in [0.1, 0.15) is 11.5 Å². The van der Waals surface area contributed by atoms with E-state index in [4.69, 9.17) is 9.84 Å². The second kappa shape index (κ2) is 7.95. The van der Waals surface area contributed by atoms with E-state index in [1.54, 1.807) is 12.1 Å². The van der Waals surface area contributed by atoms with E-state index in [9.17, 15) is 4.79 Å². The molecule has 2 aromatic carbocycles. The summed E-state index contributed by atoms with van der Waals surface area (Å²) in [6.07, 6.45) is 0. The van der Waals surface area contributed by atoms with Crippen molar-refractivity contribution in [3.63, 3.8) is 0 Å². The van der Waals surface area contributed by atoms with Crippen molar-refractivity contribution in [3.05, 3.63) is 60.2 Å². The van der Waals surface area contributed by atoms with Crippen LogP contribution in [0, 0.1) is 0 Å². The number of carbonyl (C=O) groups excluding carboxylic acids is 1. The highest BCUT2D eigenvalue weighted by Crippen LogP contribution is 2.21. The number of amides is 1. The van der Waals surface area contributed by atoms with Crippen molar-refractivity contribution in [2.45, 2.75) is 0 Å². The van der Waals surface area contributed by atoms with Crippen molar-refractivity contribution in [2.75, 3.05) is 39.3 Å². The van der Waals surface area contributed by atoms with E-state index in [1.807, 2.05) is 47.4 Å². The third-order valence-electron chi connectivity index (χ3n) is 4.16. The van der Waals surface area contributed by atoms with Gasteiger partial charge in [-0.05, 0) is 36.4 Å². The van der Waals surface area contributed by atoms with Crippen LogP contribution in [0.25, 0.3) is 0 Å². The zero-order valence-electron chi connectivity index (χ0n) is 13.6. The fourth-order valence-electron chi connectivity index (χ4n) is 2.79. The van der Waals surface area contributed by atoms with E-state index in [0.717, 1.165) is 18.8 Å². The topological polar surface area (TPSA) is 53.0 Å². The van der Waals surface area contributed by atoms with E-state index in [-0.39, 0.29) is 12.5 Å². The number of β-amino-alcohol motifs (C(OH)–C–C–N with tert-alkyl or cyclic N) is 1. The number of benzene rings is 2. The summed E-state index contributed by atoms with van der Waals surface area (Å²) in [5.74, 6) is 1.53. The molecule has 0 aromatic heterocycles. The summed E-state index contributed by atoms with van der Waals surface area (Å²) in [5, 5.41) is 8.97. The van der Waals surface area contributed by atoms with Crippen molar-refractivity contribution in [2.24, 2.45) is 0 Å². The minimum Gasteiger partial charge on any atom is -0.457 e. The van der Waals surface area contributed by atoms with Crippen LogP contribution in [0.4, 0.5) is 0 Å². The van der Waals surface area contributed by atoms with Crippen molar-refractivity contribution in [3.8, 4) is 11.5 Å². The standard InChI is InChI=1S/C19H22N2O3/c22-15-14-20-10-12-21(13-11-20)19(23)16-6-8-18(9-7-16)24-17-4-2-1-3-5-17/h1-9,22H,10-15H2. The van der Waals surface area contributed by atoms with Crippen molar-refractivity contribution < 1.29 is 14.6 Å². The van der Waals surface area contributed by atoms with Crippen LogP contribution in [0.2, 0.25) is 0 Å². The number of hydrogen-bond donors (Lipinski definition) is 1. The summed E-state index contributed by atoms with van der Waals surface area (Å²) in [5.41, 5.74) is 0.672. The minimum atomic E-state index is 0.0462. The summed E-state index contributed by atoms with van der Waals surface area (Å²) in [4.78, 5) is 16.6. The minimum absolute atomic E-state index is 0.0462. The zero-order valence-corrected chi connectivity index (χ0v) is 13.6. The maximum Gasteiger partial charge on any atom is 0.253 e. The molecule has 1 aliphatic rings. The van der Waals surface area contributed by atoms with Gasteiger partial charge in [-0.3, -0.25) is 9.69 Å². The van der Waals surface area contributed by atoms with E-state index < -0.39 is 0 Å². The highest BCUT2D eigenvalue weighted by Gasteiger charge is 2.21. The van der Waals surface area contributed by atoms with Crippen LogP contribution >= 0.6 is 0 Å². The predicted molar refractivity (Wildman–Crippen MR) is 92.4 cm³/mol. The molecule has 1 N–H and O–H groups in total. The van der Waals surface area contributed by atoms with Gasteiger partial charge in [-0.15, -0.1) is 0 Å². The molecule has 2 aromatic rings. The summed E-state index contributed by atoms with van der Waals surface area (Å²) >= 11 is 0. The Labute approximate surface area is 142 Å². The molecule has 126 valence electrons. The van der Waals surface area contributed by atoms with Crippen molar-refractivity contribution >= 4 is 5.91 Å². The van der Waals surface area contributed by atoms with E-state index in [2.05, 4.69) is 4.90 Å². The number of hydrogen-bond acceptors (Lipinski definition) is 4. The number of piperazine rings is 1. The summed E-state index contributed by atoms with van der Waals surface area (Å²) in [6, 6.07) is 16.8. The maximum atomic E-state index is 12.6. The molecule has 0 aliphatic carbocycles. The molecule has 1 fully saturated rings. The van der Waals surface area contributed by atoms with Gasteiger partial charge in [0.25, 0.3) is 5.91 Å². The van der Waals surface area contributed by atoms with Crippen LogP contribution < -0.4 is 4.74 Å². The Morgan fingerprint density at radius 3 is 2.17 bits per heavy atom. The Kier molecular flexibility index (Phi) is 5.46. The maximum absolute atomic E-state index is 12.6. The Bertz CT molecular complexity index is 650. The van der Waals surface area contributed by atoms with Gasteiger partial charge >= 0.3 is 0 Å². The second-order valence-electron chi connectivity index (χ2n) is 5.80. The number of aliphatic hydroxyl groups is 1. The SMILES string of the molecule is O=C(c1ccc(Oc2ccccc2)cc1)N1CCN(CCO)CC1. The largest absolute Gasteiger partial charge is 0.457 e. The molecule has 3 rings (SSSR count). The van der Waals surface area contributed by atoms with Gasteiger partial charge in [0.2, 0.25) is 0 Å². The fraction of sp³-hybridized carbons (Fsp3) is 0.316. The highest BCUT2D eigenvalue weighted by molar-refractivity contribution is 5.94. The lowest BCUT2D eigenvalue weighted by atomic mass is 10.1. The van der Waals surface area contributed by atoms with Crippen LogP contribution in [0.15, 0.2) is 54.6 Å². The van der Waals surface area contributed by atoms with Gasteiger partial charge in [-0.25, -0.2) is 0 Å². The zero-order chi connectivity index (χ0) is 16.8. The lowest BCUT2D eigenvalue weighted by Gasteiger charge is -2.34. The third kappa shape index (κ3) is 4.13. The van der Waals surface area contributed by atoms with Crippen molar-refractivity contribution in [1.82, 2.24) is 9.80 Å². The Balaban J connectivity index is 1.58. The molecule has 1 aliphatic heterocycles. The molecule has 0 radical (unpaired) electrons. The lowest BCUT2D eigenvalue weighted by Crippen LogP contribution is -2.49. The molecule has 0 unspecified atom stereocenters. The second-order valence-corrected chi connectivity index (χ2v) is 5.80. The molecule has 0 spiro atoms. The average Bonchev–Trinajstić information content (AvgIpc) is 2.64. The first-order valence-electron chi connectivity index (χ1n) is 8.22. The predicted octanol–water partition coefficient (Wildman–Crippen LogP) is 2.23. The van der Waals surface area contributed by atoms with Crippen LogP contribution in [0.3, 0.4) is 0 Å². The Morgan fingerprint density at radius 2 is 1.54 bits per heavy atom. The molecule has 5 heteroatoms. The number of nitrogens with zero attached hydrogens (tertiary/aromatic N) is 2.